The third kappa shape index (κ3) is 2.80. The van der Waals surface area contributed by atoms with E-state index in [-0.39, 0.29) is 31.4 Å². The fourth-order valence-corrected chi connectivity index (χ4v) is 1.96. The summed E-state index contributed by atoms with van der Waals surface area (Å²) in [6.07, 6.45) is -0.170. The van der Waals surface area contributed by atoms with E-state index in [1.807, 2.05) is 0 Å². The van der Waals surface area contributed by atoms with Crippen molar-refractivity contribution in [3.05, 3.63) is 34.9 Å². The Morgan fingerprint density at radius 3 is 2.53 bits per heavy atom. The van der Waals surface area contributed by atoms with Crippen LogP contribution >= 0.6 is 24.0 Å². The van der Waals surface area contributed by atoms with Gasteiger partial charge < -0.3 is 5.32 Å². The van der Waals surface area contributed by atoms with Gasteiger partial charge in [0.2, 0.25) is 0 Å². The molecule has 1 nitrogen and oxygen atoms in total. The van der Waals surface area contributed by atoms with Crippen LogP contribution in [-0.2, 0) is 0 Å². The minimum Gasteiger partial charge on any atom is -0.304 e. The summed E-state index contributed by atoms with van der Waals surface area (Å²) in [5.41, 5.74) is 0.756. The van der Waals surface area contributed by atoms with Gasteiger partial charge in [-0.3, -0.25) is 0 Å². The molecule has 84 valence electrons. The molecular formula is C10H11Cl2F2N. The lowest BCUT2D eigenvalue weighted by Gasteiger charge is -2.11. The highest BCUT2D eigenvalue weighted by Crippen LogP contribution is 2.36. The number of hydrogen-bond donors (Lipinski definition) is 1. The Hall–Kier alpha value is -0.380. The molecule has 0 aliphatic carbocycles. The molecule has 0 spiro atoms. The van der Waals surface area contributed by atoms with Gasteiger partial charge in [0.15, 0.2) is 0 Å². The predicted molar refractivity (Wildman–Crippen MR) is 59.0 cm³/mol. The van der Waals surface area contributed by atoms with E-state index in [4.69, 9.17) is 11.6 Å². The van der Waals surface area contributed by atoms with E-state index in [0.29, 0.717) is 5.02 Å². The van der Waals surface area contributed by atoms with E-state index >= 15 is 0 Å². The van der Waals surface area contributed by atoms with Crippen LogP contribution in [0.1, 0.15) is 18.0 Å². The van der Waals surface area contributed by atoms with E-state index in [1.54, 1.807) is 24.3 Å². The van der Waals surface area contributed by atoms with Crippen molar-refractivity contribution in [2.45, 2.75) is 18.4 Å². The van der Waals surface area contributed by atoms with Crippen molar-refractivity contribution in [3.63, 3.8) is 0 Å². The zero-order chi connectivity index (χ0) is 10.2. The second-order valence-corrected chi connectivity index (χ2v) is 3.92. The van der Waals surface area contributed by atoms with Crippen LogP contribution in [0, 0.1) is 0 Å². The van der Waals surface area contributed by atoms with Gasteiger partial charge in [-0.1, -0.05) is 29.8 Å². The summed E-state index contributed by atoms with van der Waals surface area (Å²) < 4.78 is 25.8. The third-order valence-electron chi connectivity index (χ3n) is 2.39. The minimum atomic E-state index is -2.61. The molecule has 0 radical (unpaired) electrons. The summed E-state index contributed by atoms with van der Waals surface area (Å²) in [6, 6.07) is 6.77. The van der Waals surface area contributed by atoms with Gasteiger partial charge in [0.25, 0.3) is 5.92 Å². The Labute approximate surface area is 98.2 Å². The van der Waals surface area contributed by atoms with E-state index < -0.39 is 5.92 Å². The smallest absolute Gasteiger partial charge is 0.262 e. The Morgan fingerprint density at radius 2 is 2.00 bits per heavy atom. The van der Waals surface area contributed by atoms with Gasteiger partial charge in [0, 0.05) is 17.5 Å². The van der Waals surface area contributed by atoms with E-state index in [0.717, 1.165) is 5.56 Å². The van der Waals surface area contributed by atoms with Crippen molar-refractivity contribution in [2.24, 2.45) is 0 Å². The SMILES string of the molecule is Cl.FC1(F)CNC(c2ccccc2Cl)C1. The molecule has 15 heavy (non-hydrogen) atoms. The summed E-state index contributed by atoms with van der Waals surface area (Å²) >= 11 is 5.91. The first-order valence-electron chi connectivity index (χ1n) is 4.44. The van der Waals surface area contributed by atoms with Crippen LogP contribution in [-0.4, -0.2) is 12.5 Å². The molecule has 0 bridgehead atoms. The average Bonchev–Trinajstić information content (AvgIpc) is 2.47. The predicted octanol–water partition coefficient (Wildman–Crippen LogP) is 3.43. The highest BCUT2D eigenvalue weighted by molar-refractivity contribution is 6.31. The molecule has 0 amide bonds. The van der Waals surface area contributed by atoms with Gasteiger partial charge >= 0.3 is 0 Å². The molecule has 0 saturated carbocycles. The molecule has 1 saturated heterocycles. The molecule has 5 heteroatoms. The lowest BCUT2D eigenvalue weighted by Crippen LogP contribution is -2.19. The summed E-state index contributed by atoms with van der Waals surface area (Å²) in [5, 5.41) is 3.31. The molecule has 1 heterocycles. The number of benzene rings is 1. The topological polar surface area (TPSA) is 12.0 Å². The molecule has 1 aromatic carbocycles. The second kappa shape index (κ2) is 4.64. The second-order valence-electron chi connectivity index (χ2n) is 3.52. The summed E-state index contributed by atoms with van der Waals surface area (Å²) in [6.45, 7) is -0.261. The Morgan fingerprint density at radius 1 is 1.33 bits per heavy atom. The van der Waals surface area contributed by atoms with Crippen molar-refractivity contribution in [1.29, 1.82) is 0 Å². The number of nitrogens with one attached hydrogen (secondary N) is 1. The lowest BCUT2D eigenvalue weighted by atomic mass is 10.0. The van der Waals surface area contributed by atoms with Crippen molar-refractivity contribution < 1.29 is 8.78 Å². The van der Waals surface area contributed by atoms with Crippen molar-refractivity contribution in [1.82, 2.24) is 5.32 Å². The molecule has 0 aromatic heterocycles. The van der Waals surface area contributed by atoms with Crippen LogP contribution in [0.5, 0.6) is 0 Å². The number of alkyl halides is 2. The van der Waals surface area contributed by atoms with Crippen LogP contribution in [0.2, 0.25) is 5.02 Å². The maximum absolute atomic E-state index is 12.9. The van der Waals surface area contributed by atoms with Gasteiger partial charge in [0.1, 0.15) is 0 Å². The summed E-state index contributed by atoms with van der Waals surface area (Å²) in [5.74, 6) is -2.61. The average molecular weight is 254 g/mol. The molecule has 2 rings (SSSR count). The first-order valence-corrected chi connectivity index (χ1v) is 4.82. The van der Waals surface area contributed by atoms with E-state index in [2.05, 4.69) is 5.32 Å². The van der Waals surface area contributed by atoms with Crippen LogP contribution in [0.15, 0.2) is 24.3 Å². The van der Waals surface area contributed by atoms with Gasteiger partial charge in [-0.05, 0) is 11.6 Å². The highest BCUT2D eigenvalue weighted by Gasteiger charge is 2.40. The van der Waals surface area contributed by atoms with E-state index in [9.17, 15) is 8.78 Å². The molecule has 1 aliphatic rings. The fourth-order valence-electron chi connectivity index (χ4n) is 1.69. The quantitative estimate of drug-likeness (QED) is 0.809. The first-order chi connectivity index (χ1) is 6.58. The molecule has 1 unspecified atom stereocenters. The molecule has 1 atom stereocenters. The first kappa shape index (κ1) is 12.7. The van der Waals surface area contributed by atoms with Crippen LogP contribution in [0.3, 0.4) is 0 Å². The van der Waals surface area contributed by atoms with Crippen molar-refractivity contribution in [3.8, 4) is 0 Å². The molecule has 1 aromatic rings. The summed E-state index contributed by atoms with van der Waals surface area (Å²) in [7, 11) is 0. The minimum absolute atomic E-state index is 0. The Bertz CT molecular complexity index is 344. The zero-order valence-electron chi connectivity index (χ0n) is 7.84. The van der Waals surface area contributed by atoms with Crippen molar-refractivity contribution in [2.75, 3.05) is 6.54 Å². The number of hydrogen-bond acceptors (Lipinski definition) is 1. The fraction of sp³-hybridized carbons (Fsp3) is 0.400. The standard InChI is InChI=1S/C10H10ClF2N.ClH/c11-8-4-2-1-3-7(8)9-5-10(12,13)6-14-9;/h1-4,9,14H,5-6H2;1H. The number of halogens is 4. The maximum Gasteiger partial charge on any atom is 0.262 e. The Balaban J connectivity index is 0.00000112. The monoisotopic (exact) mass is 253 g/mol. The van der Waals surface area contributed by atoms with Gasteiger partial charge in [-0.2, -0.15) is 0 Å². The van der Waals surface area contributed by atoms with Crippen LogP contribution in [0.25, 0.3) is 0 Å². The largest absolute Gasteiger partial charge is 0.304 e. The molecule has 1 fully saturated rings. The number of rotatable bonds is 1. The summed E-state index contributed by atoms with van der Waals surface area (Å²) in [4.78, 5) is 0. The molecule has 1 aliphatic heterocycles. The van der Waals surface area contributed by atoms with Gasteiger partial charge in [0.05, 0.1) is 6.54 Å². The molecule has 1 N–H and O–H groups in total. The van der Waals surface area contributed by atoms with E-state index in [1.165, 1.54) is 0 Å². The lowest BCUT2D eigenvalue weighted by molar-refractivity contribution is 0.0210. The zero-order valence-corrected chi connectivity index (χ0v) is 9.42. The Kier molecular flexibility index (Phi) is 3.93. The molecular weight excluding hydrogens is 243 g/mol. The third-order valence-corrected chi connectivity index (χ3v) is 2.73. The van der Waals surface area contributed by atoms with Gasteiger partial charge in [-0.15, -0.1) is 12.4 Å². The normalized spacial score (nSPS) is 23.5. The van der Waals surface area contributed by atoms with Crippen LogP contribution < -0.4 is 5.32 Å². The van der Waals surface area contributed by atoms with Crippen LogP contribution in [0.4, 0.5) is 8.78 Å². The highest BCUT2D eigenvalue weighted by atomic mass is 35.5. The van der Waals surface area contributed by atoms with Gasteiger partial charge in [-0.25, -0.2) is 8.78 Å². The van der Waals surface area contributed by atoms with Crippen molar-refractivity contribution >= 4 is 24.0 Å². The maximum atomic E-state index is 12.9.